The fourth-order valence-corrected chi connectivity index (χ4v) is 3.56. The average Bonchev–Trinajstić information content (AvgIpc) is 2.87. The Labute approximate surface area is 196 Å². The summed E-state index contributed by atoms with van der Waals surface area (Å²) < 4.78 is 0. The Morgan fingerprint density at radius 2 is 1.00 bits per heavy atom. The summed E-state index contributed by atoms with van der Waals surface area (Å²) in [7, 11) is 0. The minimum Gasteiger partial charge on any atom is -0.394 e. The van der Waals surface area contributed by atoms with Crippen LogP contribution in [0.5, 0.6) is 0 Å². The van der Waals surface area contributed by atoms with Gasteiger partial charge < -0.3 is 31.1 Å². The quantitative estimate of drug-likeness (QED) is 0.195. The van der Waals surface area contributed by atoms with Crippen molar-refractivity contribution in [1.82, 2.24) is 10.6 Å². The van der Waals surface area contributed by atoms with E-state index in [1.165, 1.54) is 12.2 Å². The topological polar surface area (TPSA) is 139 Å². The molecule has 6 N–H and O–H groups in total. The monoisotopic (exact) mass is 464 g/mol. The molecule has 3 rings (SSSR count). The van der Waals surface area contributed by atoms with E-state index >= 15 is 0 Å². The zero-order valence-corrected chi connectivity index (χ0v) is 18.5. The molecule has 178 valence electrons. The Kier molecular flexibility index (Phi) is 8.89. The molecule has 0 saturated carbocycles. The molecule has 8 nitrogen and oxygen atoms in total. The number of carbonyl (C=O) groups excluding carboxylic acids is 2. The zero-order chi connectivity index (χ0) is 24.5. The van der Waals surface area contributed by atoms with Crippen molar-refractivity contribution in [2.75, 3.05) is 26.3 Å². The normalized spacial score (nSPS) is 13.5. The molecule has 0 aliphatic heterocycles. The second kappa shape index (κ2) is 12.1. The molecule has 0 aliphatic rings. The van der Waals surface area contributed by atoms with Crippen LogP contribution in [0, 0.1) is 0 Å². The van der Waals surface area contributed by atoms with E-state index < -0.39 is 37.2 Å². The molecule has 3 aromatic carbocycles. The standard InChI is InChI=1S/C26H28N2O6/c29-15-17(31)13-27-25(33)11-9-23-19-5-1-2-6-20(19)24(22-8-4-3-7-21(22)23)10-12-26(34)28-14-18(32)16-30/h1-12,17-18,29-32H,13-16H2,(H,27,33)(H,28,34). The molecule has 0 bridgehead atoms. The van der Waals surface area contributed by atoms with E-state index in [1.54, 1.807) is 12.2 Å². The Morgan fingerprint density at radius 3 is 1.29 bits per heavy atom. The van der Waals surface area contributed by atoms with Crippen LogP contribution in [0.15, 0.2) is 60.7 Å². The van der Waals surface area contributed by atoms with Gasteiger partial charge in [-0.15, -0.1) is 0 Å². The van der Waals surface area contributed by atoms with Gasteiger partial charge in [0.05, 0.1) is 25.4 Å². The number of hydrogen-bond acceptors (Lipinski definition) is 6. The molecule has 34 heavy (non-hydrogen) atoms. The molecule has 3 aromatic rings. The van der Waals surface area contributed by atoms with Crippen LogP contribution >= 0.6 is 0 Å². The van der Waals surface area contributed by atoms with Crippen molar-refractivity contribution in [3.05, 3.63) is 71.8 Å². The maximum Gasteiger partial charge on any atom is 0.244 e. The maximum atomic E-state index is 12.2. The number of nitrogens with one attached hydrogen (secondary N) is 2. The molecule has 0 heterocycles. The second-order valence-corrected chi connectivity index (χ2v) is 7.75. The first-order chi connectivity index (χ1) is 16.4. The van der Waals surface area contributed by atoms with E-state index in [0.29, 0.717) is 0 Å². The predicted octanol–water partition coefficient (Wildman–Crippen LogP) is 0.958. The van der Waals surface area contributed by atoms with Gasteiger partial charge in [0.25, 0.3) is 0 Å². The van der Waals surface area contributed by atoms with E-state index in [1.807, 2.05) is 48.5 Å². The van der Waals surface area contributed by atoms with Crippen LogP contribution in [0.2, 0.25) is 0 Å². The van der Waals surface area contributed by atoms with Crippen molar-refractivity contribution < 1.29 is 30.0 Å². The highest BCUT2D eigenvalue weighted by atomic mass is 16.3. The number of fused-ring (bicyclic) bond motifs is 2. The third kappa shape index (κ3) is 6.27. The third-order valence-electron chi connectivity index (χ3n) is 5.26. The third-order valence-corrected chi connectivity index (χ3v) is 5.26. The smallest absolute Gasteiger partial charge is 0.244 e. The molecule has 0 aromatic heterocycles. The van der Waals surface area contributed by atoms with Gasteiger partial charge in [-0.25, -0.2) is 0 Å². The van der Waals surface area contributed by atoms with Gasteiger partial charge in [0.15, 0.2) is 0 Å². The van der Waals surface area contributed by atoms with E-state index in [-0.39, 0.29) is 13.1 Å². The van der Waals surface area contributed by atoms with Crippen molar-refractivity contribution >= 4 is 45.5 Å². The summed E-state index contributed by atoms with van der Waals surface area (Å²) in [5.41, 5.74) is 1.66. The van der Waals surface area contributed by atoms with Gasteiger partial charge >= 0.3 is 0 Å². The zero-order valence-electron chi connectivity index (χ0n) is 18.5. The summed E-state index contributed by atoms with van der Waals surface area (Å²) in [6.07, 6.45) is 4.15. The van der Waals surface area contributed by atoms with Gasteiger partial charge in [-0.2, -0.15) is 0 Å². The SMILES string of the molecule is O=C(C=Cc1c2ccccc2c(C=CC(=O)NCC(O)CO)c2ccccc12)NCC(O)CO. The van der Waals surface area contributed by atoms with Gasteiger partial charge in [-0.1, -0.05) is 48.5 Å². The summed E-state index contributed by atoms with van der Waals surface area (Å²) in [5.74, 6) is -0.794. The van der Waals surface area contributed by atoms with Crippen molar-refractivity contribution in [1.29, 1.82) is 0 Å². The number of rotatable bonds is 10. The van der Waals surface area contributed by atoms with Crippen LogP contribution in [0.3, 0.4) is 0 Å². The lowest BCUT2D eigenvalue weighted by atomic mass is 9.91. The first-order valence-electron chi connectivity index (χ1n) is 10.9. The van der Waals surface area contributed by atoms with E-state index in [2.05, 4.69) is 10.6 Å². The number of aliphatic hydroxyl groups excluding tert-OH is 4. The molecule has 0 radical (unpaired) electrons. The Balaban J connectivity index is 2.00. The Morgan fingerprint density at radius 1 is 0.676 bits per heavy atom. The molecule has 2 atom stereocenters. The first-order valence-corrected chi connectivity index (χ1v) is 10.9. The van der Waals surface area contributed by atoms with E-state index in [9.17, 15) is 19.8 Å². The maximum absolute atomic E-state index is 12.2. The van der Waals surface area contributed by atoms with E-state index in [4.69, 9.17) is 10.2 Å². The highest BCUT2D eigenvalue weighted by molar-refractivity contribution is 6.14. The Bertz CT molecular complexity index is 1070. The van der Waals surface area contributed by atoms with Crippen molar-refractivity contribution in [2.24, 2.45) is 0 Å². The first kappa shape index (κ1) is 25.1. The largest absolute Gasteiger partial charge is 0.394 e. The second-order valence-electron chi connectivity index (χ2n) is 7.75. The number of benzene rings is 3. The molecule has 2 amide bonds. The van der Waals surface area contributed by atoms with Crippen LogP contribution in [-0.2, 0) is 9.59 Å². The summed E-state index contributed by atoms with van der Waals surface area (Å²) in [6, 6.07) is 15.3. The van der Waals surface area contributed by atoms with E-state index in [0.717, 1.165) is 32.7 Å². The minimum absolute atomic E-state index is 0.0533. The average molecular weight is 465 g/mol. The fraction of sp³-hybridized carbons (Fsp3) is 0.231. The number of amides is 2. The van der Waals surface area contributed by atoms with Gasteiger partial charge in [0, 0.05) is 25.2 Å². The van der Waals surface area contributed by atoms with Crippen LogP contribution in [0.1, 0.15) is 11.1 Å². The molecule has 0 saturated heterocycles. The molecule has 0 fully saturated rings. The van der Waals surface area contributed by atoms with Gasteiger partial charge in [0.1, 0.15) is 0 Å². The lowest BCUT2D eigenvalue weighted by Gasteiger charge is -2.13. The number of carbonyl (C=O) groups is 2. The van der Waals surface area contributed by atoms with Crippen molar-refractivity contribution in [3.63, 3.8) is 0 Å². The van der Waals surface area contributed by atoms with Crippen LogP contribution in [0.25, 0.3) is 33.7 Å². The van der Waals surface area contributed by atoms with Crippen LogP contribution in [-0.4, -0.2) is 70.8 Å². The van der Waals surface area contributed by atoms with Crippen LogP contribution < -0.4 is 10.6 Å². The van der Waals surface area contributed by atoms with Crippen molar-refractivity contribution in [2.45, 2.75) is 12.2 Å². The molecule has 8 heteroatoms. The van der Waals surface area contributed by atoms with Gasteiger partial charge in [0.2, 0.25) is 11.8 Å². The lowest BCUT2D eigenvalue weighted by Crippen LogP contribution is -2.32. The van der Waals surface area contributed by atoms with Gasteiger partial charge in [-0.05, 0) is 44.8 Å². The molecular weight excluding hydrogens is 436 g/mol. The van der Waals surface area contributed by atoms with Gasteiger partial charge in [-0.3, -0.25) is 9.59 Å². The predicted molar refractivity (Wildman–Crippen MR) is 132 cm³/mol. The highest BCUT2D eigenvalue weighted by Gasteiger charge is 2.12. The summed E-state index contributed by atoms with van der Waals surface area (Å²) in [5, 5.41) is 45.3. The number of hydrogen-bond donors (Lipinski definition) is 6. The van der Waals surface area contributed by atoms with Crippen molar-refractivity contribution in [3.8, 4) is 0 Å². The Hall–Kier alpha value is -3.56. The summed E-state index contributed by atoms with van der Waals surface area (Å²) in [4.78, 5) is 24.4. The molecule has 0 spiro atoms. The lowest BCUT2D eigenvalue weighted by molar-refractivity contribution is -0.117. The fourth-order valence-electron chi connectivity index (χ4n) is 3.56. The number of aliphatic hydroxyl groups is 4. The van der Waals surface area contributed by atoms with Crippen LogP contribution in [0.4, 0.5) is 0 Å². The minimum atomic E-state index is -1.02. The molecule has 0 aliphatic carbocycles. The summed E-state index contributed by atoms with van der Waals surface area (Å²) >= 11 is 0. The molecular formula is C26H28N2O6. The molecule has 2 unspecified atom stereocenters. The highest BCUT2D eigenvalue weighted by Crippen LogP contribution is 2.34. The summed E-state index contributed by atoms with van der Waals surface area (Å²) in [6.45, 7) is -0.979.